The van der Waals surface area contributed by atoms with Gasteiger partial charge in [-0.3, -0.25) is 4.79 Å². The van der Waals surface area contributed by atoms with Gasteiger partial charge in [-0.25, -0.2) is 0 Å². The molecular weight excluding hydrogens is 174 g/mol. The Balaban J connectivity index is 2.51. The minimum absolute atomic E-state index is 0.144. The van der Waals surface area contributed by atoms with Gasteiger partial charge in [-0.2, -0.15) is 5.26 Å². The summed E-state index contributed by atoms with van der Waals surface area (Å²) in [5.74, 6) is 0.516. The number of ether oxygens (including phenoxy) is 1. The third-order valence-electron chi connectivity index (χ3n) is 1.78. The highest BCUT2D eigenvalue weighted by Gasteiger charge is 2.34. The van der Waals surface area contributed by atoms with E-state index in [0.717, 1.165) is 12.2 Å². The summed E-state index contributed by atoms with van der Waals surface area (Å²) in [6.07, 6.45) is 0.810. The number of carbonyl (C=O) groups is 1. The molecule has 0 amide bonds. The number of hydrogen-bond donors (Lipinski definition) is 0. The number of esters is 1. The van der Waals surface area contributed by atoms with Crippen LogP contribution in [0.25, 0.3) is 0 Å². The number of nitriles is 1. The van der Waals surface area contributed by atoms with Crippen molar-refractivity contribution < 1.29 is 9.53 Å². The van der Waals surface area contributed by atoms with Gasteiger partial charge in [-0.15, -0.1) is 11.8 Å². The van der Waals surface area contributed by atoms with Gasteiger partial charge in [0, 0.05) is 0 Å². The highest BCUT2D eigenvalue weighted by atomic mass is 32.2. The van der Waals surface area contributed by atoms with Crippen molar-refractivity contribution in [2.24, 2.45) is 5.92 Å². The Kier molecular flexibility index (Phi) is 3.42. The quantitative estimate of drug-likeness (QED) is 0.606. The van der Waals surface area contributed by atoms with E-state index in [1.165, 1.54) is 11.8 Å². The molecule has 0 aromatic heterocycles. The zero-order chi connectivity index (χ0) is 8.97. The van der Waals surface area contributed by atoms with Crippen molar-refractivity contribution in [1.82, 2.24) is 0 Å². The van der Waals surface area contributed by atoms with Crippen molar-refractivity contribution in [2.75, 3.05) is 12.4 Å². The normalized spacial score (nSPS) is 28.0. The van der Waals surface area contributed by atoms with Gasteiger partial charge >= 0.3 is 5.97 Å². The fraction of sp³-hybridized carbons (Fsp3) is 0.750. The van der Waals surface area contributed by atoms with Gasteiger partial charge in [-0.1, -0.05) is 0 Å². The van der Waals surface area contributed by atoms with Crippen molar-refractivity contribution in [2.45, 2.75) is 18.6 Å². The van der Waals surface area contributed by atoms with Crippen molar-refractivity contribution >= 4 is 17.7 Å². The molecule has 1 heterocycles. The lowest BCUT2D eigenvalue weighted by molar-refractivity contribution is -0.142. The monoisotopic (exact) mass is 185 g/mol. The standard InChI is InChI=1S/C8H11NO2S/c1-2-11-8(10)7-6(5-9)3-4-12-7/h6-7H,2-4H2,1H3/t6-,7+/m1/s1. The molecule has 0 aromatic carbocycles. The molecule has 1 aliphatic heterocycles. The minimum atomic E-state index is -0.241. The minimum Gasteiger partial charge on any atom is -0.465 e. The molecule has 2 atom stereocenters. The molecule has 1 fully saturated rings. The molecule has 1 aliphatic rings. The van der Waals surface area contributed by atoms with Crippen molar-refractivity contribution in [3.63, 3.8) is 0 Å². The molecule has 0 N–H and O–H groups in total. The summed E-state index contributed by atoms with van der Waals surface area (Å²) in [6, 6.07) is 2.13. The Hall–Kier alpha value is -0.690. The van der Waals surface area contributed by atoms with Crippen molar-refractivity contribution in [3.8, 4) is 6.07 Å². The van der Waals surface area contributed by atoms with Crippen LogP contribution in [0.2, 0.25) is 0 Å². The largest absolute Gasteiger partial charge is 0.465 e. The van der Waals surface area contributed by atoms with Crippen LogP contribution < -0.4 is 0 Å². The first kappa shape index (κ1) is 9.40. The van der Waals surface area contributed by atoms with Gasteiger partial charge in [-0.05, 0) is 19.1 Å². The summed E-state index contributed by atoms with van der Waals surface area (Å²) >= 11 is 1.53. The van der Waals surface area contributed by atoms with Gasteiger partial charge in [0.15, 0.2) is 0 Å². The molecule has 66 valence electrons. The van der Waals surface area contributed by atoms with Crippen LogP contribution in [0, 0.1) is 17.2 Å². The first-order valence-corrected chi connectivity index (χ1v) is 5.02. The van der Waals surface area contributed by atoms with Crippen LogP contribution in [-0.4, -0.2) is 23.6 Å². The van der Waals surface area contributed by atoms with E-state index in [1.807, 2.05) is 0 Å². The van der Waals surface area contributed by atoms with E-state index in [1.54, 1.807) is 6.92 Å². The Morgan fingerprint density at radius 3 is 3.17 bits per heavy atom. The van der Waals surface area contributed by atoms with Crippen LogP contribution in [0.1, 0.15) is 13.3 Å². The number of rotatable bonds is 2. The topological polar surface area (TPSA) is 50.1 Å². The van der Waals surface area contributed by atoms with Crippen molar-refractivity contribution in [3.05, 3.63) is 0 Å². The van der Waals surface area contributed by atoms with Crippen LogP contribution in [0.5, 0.6) is 0 Å². The molecule has 0 aliphatic carbocycles. The lowest BCUT2D eigenvalue weighted by atomic mass is 10.1. The van der Waals surface area contributed by atoms with E-state index in [2.05, 4.69) is 6.07 Å². The predicted octanol–water partition coefficient (Wildman–Crippen LogP) is 1.19. The molecule has 0 unspecified atom stereocenters. The van der Waals surface area contributed by atoms with Gasteiger partial charge in [0.1, 0.15) is 5.25 Å². The third kappa shape index (κ3) is 1.92. The summed E-state index contributed by atoms with van der Waals surface area (Å²) in [5.41, 5.74) is 0. The second-order valence-electron chi connectivity index (χ2n) is 2.57. The SMILES string of the molecule is CCOC(=O)[C@H]1SCC[C@@H]1C#N. The summed E-state index contributed by atoms with van der Waals surface area (Å²) in [6.45, 7) is 2.17. The van der Waals surface area contributed by atoms with E-state index in [0.29, 0.717) is 6.61 Å². The second-order valence-corrected chi connectivity index (χ2v) is 3.82. The Labute approximate surface area is 76.1 Å². The van der Waals surface area contributed by atoms with Crippen LogP contribution in [0.4, 0.5) is 0 Å². The Morgan fingerprint density at radius 2 is 2.58 bits per heavy atom. The van der Waals surface area contributed by atoms with Gasteiger partial charge in [0.2, 0.25) is 0 Å². The molecule has 0 saturated carbocycles. The summed E-state index contributed by atoms with van der Waals surface area (Å²) < 4.78 is 4.85. The van der Waals surface area contributed by atoms with Crippen LogP contribution in [-0.2, 0) is 9.53 Å². The first-order chi connectivity index (χ1) is 5.79. The second kappa shape index (κ2) is 4.36. The fourth-order valence-electron chi connectivity index (χ4n) is 1.18. The molecule has 1 rings (SSSR count). The zero-order valence-electron chi connectivity index (χ0n) is 6.95. The maximum Gasteiger partial charge on any atom is 0.320 e. The Morgan fingerprint density at radius 1 is 1.83 bits per heavy atom. The summed E-state index contributed by atoms with van der Waals surface area (Å²) in [4.78, 5) is 11.2. The maximum atomic E-state index is 11.2. The average Bonchev–Trinajstić information content (AvgIpc) is 2.51. The highest BCUT2D eigenvalue weighted by molar-refractivity contribution is 8.00. The van der Waals surface area contributed by atoms with E-state index >= 15 is 0 Å². The number of thioether (sulfide) groups is 1. The Bertz CT molecular complexity index is 212. The number of hydrogen-bond acceptors (Lipinski definition) is 4. The van der Waals surface area contributed by atoms with E-state index in [-0.39, 0.29) is 17.1 Å². The molecule has 0 bridgehead atoms. The van der Waals surface area contributed by atoms with Gasteiger partial charge in [0.05, 0.1) is 18.6 Å². The van der Waals surface area contributed by atoms with Gasteiger partial charge < -0.3 is 4.74 Å². The molecule has 0 aromatic rings. The summed E-state index contributed by atoms with van der Waals surface area (Å²) in [7, 11) is 0. The summed E-state index contributed by atoms with van der Waals surface area (Å²) in [5, 5.41) is 8.44. The smallest absolute Gasteiger partial charge is 0.320 e. The molecular formula is C8H11NO2S. The van der Waals surface area contributed by atoms with E-state index in [4.69, 9.17) is 10.00 Å². The van der Waals surface area contributed by atoms with Gasteiger partial charge in [0.25, 0.3) is 0 Å². The molecule has 0 radical (unpaired) electrons. The molecule has 1 saturated heterocycles. The third-order valence-corrected chi connectivity index (χ3v) is 3.13. The first-order valence-electron chi connectivity index (χ1n) is 3.97. The number of carbonyl (C=O) groups excluding carboxylic acids is 1. The molecule has 0 spiro atoms. The van der Waals surface area contributed by atoms with Crippen molar-refractivity contribution in [1.29, 1.82) is 5.26 Å². The zero-order valence-corrected chi connectivity index (χ0v) is 7.76. The van der Waals surface area contributed by atoms with Crippen LogP contribution in [0.3, 0.4) is 0 Å². The highest BCUT2D eigenvalue weighted by Crippen LogP contribution is 2.32. The molecule has 12 heavy (non-hydrogen) atoms. The van der Waals surface area contributed by atoms with Crippen LogP contribution in [0.15, 0.2) is 0 Å². The lowest BCUT2D eigenvalue weighted by Gasteiger charge is -2.10. The van der Waals surface area contributed by atoms with Crippen LogP contribution >= 0.6 is 11.8 Å². The lowest BCUT2D eigenvalue weighted by Crippen LogP contribution is -2.23. The molecule has 4 heteroatoms. The maximum absolute atomic E-state index is 11.2. The fourth-order valence-corrected chi connectivity index (χ4v) is 2.46. The van der Waals surface area contributed by atoms with E-state index < -0.39 is 0 Å². The number of nitrogens with zero attached hydrogens (tertiary/aromatic N) is 1. The predicted molar refractivity (Wildman–Crippen MR) is 46.6 cm³/mol. The average molecular weight is 185 g/mol. The molecule has 3 nitrogen and oxygen atoms in total. The van der Waals surface area contributed by atoms with E-state index in [9.17, 15) is 4.79 Å².